The van der Waals surface area contributed by atoms with Crippen LogP contribution in [0.2, 0.25) is 0 Å². The lowest BCUT2D eigenvalue weighted by Gasteiger charge is -2.35. The Morgan fingerprint density at radius 1 is 1.00 bits per heavy atom. The Labute approximate surface area is 160 Å². The van der Waals surface area contributed by atoms with Crippen molar-refractivity contribution >= 4 is 0 Å². The fraction of sp³-hybridized carbons (Fsp3) is 0.619. The smallest absolute Gasteiger partial charge is 0.240 e. The molecule has 1 aromatic heterocycles. The van der Waals surface area contributed by atoms with E-state index in [0.29, 0.717) is 30.2 Å². The van der Waals surface area contributed by atoms with Gasteiger partial charge in [0.2, 0.25) is 5.89 Å². The summed E-state index contributed by atoms with van der Waals surface area (Å²) in [5.41, 5.74) is 0.600. The summed E-state index contributed by atoms with van der Waals surface area (Å²) in [5.74, 6) is 1.78. The summed E-state index contributed by atoms with van der Waals surface area (Å²) >= 11 is 0. The van der Waals surface area contributed by atoms with Crippen molar-refractivity contribution in [3.8, 4) is 0 Å². The topological polar surface area (TPSA) is 45.4 Å². The van der Waals surface area contributed by atoms with Gasteiger partial charge in [-0.3, -0.25) is 4.90 Å². The fourth-order valence-corrected chi connectivity index (χ4v) is 4.26. The zero-order valence-corrected chi connectivity index (χ0v) is 15.9. The highest BCUT2D eigenvalue weighted by Gasteiger charge is 2.23. The van der Waals surface area contributed by atoms with Crippen LogP contribution in [-0.2, 0) is 13.0 Å². The number of aromatic nitrogens is 2. The Morgan fingerprint density at radius 3 is 2.56 bits per heavy atom. The van der Waals surface area contributed by atoms with Gasteiger partial charge in [-0.05, 0) is 69.4 Å². The fourth-order valence-electron chi connectivity index (χ4n) is 4.26. The number of piperidine rings is 2. The summed E-state index contributed by atoms with van der Waals surface area (Å²) in [5, 5.41) is 4.02. The molecule has 2 fully saturated rings. The standard InChI is InChI=1S/C21H29FN4O/c22-19-7-3-2-6-18(19)14-20-23-21(27-24-20)16-26-12-8-17(9-13-26)15-25-10-4-1-5-11-25/h2-3,6-7,17H,1,4-5,8-16H2. The first kappa shape index (κ1) is 18.6. The molecule has 2 aromatic rings. The van der Waals surface area contributed by atoms with Gasteiger partial charge in [-0.1, -0.05) is 29.8 Å². The lowest BCUT2D eigenvalue weighted by molar-refractivity contribution is 0.120. The maximum Gasteiger partial charge on any atom is 0.240 e. The Kier molecular flexibility index (Phi) is 6.14. The molecule has 0 saturated carbocycles. The van der Waals surface area contributed by atoms with Gasteiger partial charge in [-0.25, -0.2) is 4.39 Å². The molecule has 4 rings (SSSR count). The quantitative estimate of drug-likeness (QED) is 0.777. The third-order valence-electron chi connectivity index (χ3n) is 5.85. The molecule has 6 heteroatoms. The summed E-state index contributed by atoms with van der Waals surface area (Å²) in [6.45, 7) is 6.70. The maximum absolute atomic E-state index is 13.8. The molecule has 0 unspecified atom stereocenters. The van der Waals surface area contributed by atoms with Gasteiger partial charge in [-0.15, -0.1) is 0 Å². The second-order valence-electron chi connectivity index (χ2n) is 7.95. The Bertz CT molecular complexity index is 720. The van der Waals surface area contributed by atoms with Gasteiger partial charge in [0, 0.05) is 13.0 Å². The third-order valence-corrected chi connectivity index (χ3v) is 5.85. The normalized spacial score (nSPS) is 20.2. The first-order valence-corrected chi connectivity index (χ1v) is 10.3. The molecule has 27 heavy (non-hydrogen) atoms. The number of hydrogen-bond acceptors (Lipinski definition) is 5. The monoisotopic (exact) mass is 372 g/mol. The van der Waals surface area contributed by atoms with Gasteiger partial charge in [0.25, 0.3) is 0 Å². The minimum atomic E-state index is -0.223. The molecule has 0 atom stereocenters. The molecule has 0 N–H and O–H groups in total. The van der Waals surface area contributed by atoms with E-state index in [9.17, 15) is 4.39 Å². The van der Waals surface area contributed by atoms with Crippen LogP contribution in [0, 0.1) is 11.7 Å². The van der Waals surface area contributed by atoms with Crippen molar-refractivity contribution in [1.82, 2.24) is 19.9 Å². The van der Waals surface area contributed by atoms with Crippen molar-refractivity contribution in [2.75, 3.05) is 32.7 Å². The van der Waals surface area contributed by atoms with E-state index in [4.69, 9.17) is 4.52 Å². The highest BCUT2D eigenvalue weighted by molar-refractivity contribution is 5.20. The van der Waals surface area contributed by atoms with E-state index in [1.54, 1.807) is 12.1 Å². The Morgan fingerprint density at radius 2 is 1.78 bits per heavy atom. The molecule has 0 bridgehead atoms. The van der Waals surface area contributed by atoms with Crippen LogP contribution >= 0.6 is 0 Å². The van der Waals surface area contributed by atoms with Crippen molar-refractivity contribution < 1.29 is 8.91 Å². The molecule has 5 nitrogen and oxygen atoms in total. The molecule has 1 aromatic carbocycles. The zero-order valence-electron chi connectivity index (χ0n) is 15.9. The van der Waals surface area contributed by atoms with Gasteiger partial charge in [0.05, 0.1) is 6.54 Å². The van der Waals surface area contributed by atoms with E-state index in [1.807, 2.05) is 6.07 Å². The van der Waals surface area contributed by atoms with Gasteiger partial charge in [0.1, 0.15) is 5.82 Å². The molecule has 146 valence electrons. The minimum absolute atomic E-state index is 0.223. The number of benzene rings is 1. The summed E-state index contributed by atoms with van der Waals surface area (Å²) in [7, 11) is 0. The van der Waals surface area contributed by atoms with Gasteiger partial charge in [0.15, 0.2) is 5.82 Å². The molecule has 0 radical (unpaired) electrons. The van der Waals surface area contributed by atoms with E-state index in [-0.39, 0.29) is 5.82 Å². The first-order chi connectivity index (χ1) is 13.3. The van der Waals surface area contributed by atoms with Crippen molar-refractivity contribution in [3.63, 3.8) is 0 Å². The summed E-state index contributed by atoms with van der Waals surface area (Å²) in [4.78, 5) is 9.50. The van der Waals surface area contributed by atoms with Crippen LogP contribution in [0.15, 0.2) is 28.8 Å². The van der Waals surface area contributed by atoms with Crippen LogP contribution in [0.5, 0.6) is 0 Å². The molecule has 2 aliphatic rings. The third kappa shape index (κ3) is 5.14. The molecule has 0 amide bonds. The minimum Gasteiger partial charge on any atom is -0.338 e. The molecule has 2 aliphatic heterocycles. The molecule has 0 spiro atoms. The summed E-state index contributed by atoms with van der Waals surface area (Å²) < 4.78 is 19.2. The number of nitrogens with zero attached hydrogens (tertiary/aromatic N) is 4. The molecule has 0 aliphatic carbocycles. The number of hydrogen-bond donors (Lipinski definition) is 0. The van der Waals surface area contributed by atoms with Crippen molar-refractivity contribution in [1.29, 1.82) is 0 Å². The highest BCUT2D eigenvalue weighted by atomic mass is 19.1. The molecule has 3 heterocycles. The van der Waals surface area contributed by atoms with Crippen LogP contribution in [-0.4, -0.2) is 52.7 Å². The number of likely N-dealkylation sites (tertiary alicyclic amines) is 2. The summed E-state index contributed by atoms with van der Waals surface area (Å²) in [6.07, 6.45) is 6.99. The first-order valence-electron chi connectivity index (χ1n) is 10.3. The average molecular weight is 372 g/mol. The second kappa shape index (κ2) is 8.93. The lowest BCUT2D eigenvalue weighted by atomic mass is 9.95. The second-order valence-corrected chi connectivity index (χ2v) is 7.95. The van der Waals surface area contributed by atoms with Crippen LogP contribution in [0.4, 0.5) is 4.39 Å². The molecular weight excluding hydrogens is 343 g/mol. The van der Waals surface area contributed by atoms with E-state index >= 15 is 0 Å². The largest absolute Gasteiger partial charge is 0.338 e. The van der Waals surface area contributed by atoms with Crippen LogP contribution in [0.1, 0.15) is 49.4 Å². The van der Waals surface area contributed by atoms with Crippen molar-refractivity contribution in [3.05, 3.63) is 47.4 Å². The highest BCUT2D eigenvalue weighted by Crippen LogP contribution is 2.21. The predicted molar refractivity (Wildman–Crippen MR) is 102 cm³/mol. The Balaban J connectivity index is 1.23. The lowest BCUT2D eigenvalue weighted by Crippen LogP contribution is -2.40. The maximum atomic E-state index is 13.8. The van der Waals surface area contributed by atoms with E-state index in [2.05, 4.69) is 19.9 Å². The average Bonchev–Trinajstić information content (AvgIpc) is 3.13. The van der Waals surface area contributed by atoms with E-state index < -0.39 is 0 Å². The van der Waals surface area contributed by atoms with Crippen LogP contribution in [0.25, 0.3) is 0 Å². The number of rotatable bonds is 6. The van der Waals surface area contributed by atoms with E-state index in [1.165, 1.54) is 57.8 Å². The van der Waals surface area contributed by atoms with E-state index in [0.717, 1.165) is 19.0 Å². The predicted octanol–water partition coefficient (Wildman–Crippen LogP) is 3.50. The molecule has 2 saturated heterocycles. The van der Waals surface area contributed by atoms with Gasteiger partial charge in [-0.2, -0.15) is 4.98 Å². The van der Waals surface area contributed by atoms with Gasteiger partial charge >= 0.3 is 0 Å². The van der Waals surface area contributed by atoms with Crippen molar-refractivity contribution in [2.24, 2.45) is 5.92 Å². The van der Waals surface area contributed by atoms with Gasteiger partial charge < -0.3 is 9.42 Å². The van der Waals surface area contributed by atoms with Crippen LogP contribution < -0.4 is 0 Å². The van der Waals surface area contributed by atoms with Crippen LogP contribution in [0.3, 0.4) is 0 Å². The zero-order chi connectivity index (χ0) is 18.5. The summed E-state index contributed by atoms with van der Waals surface area (Å²) in [6, 6.07) is 6.74. The number of halogens is 1. The van der Waals surface area contributed by atoms with Crippen molar-refractivity contribution in [2.45, 2.75) is 45.1 Å². The Hall–Kier alpha value is -1.79. The SMILES string of the molecule is Fc1ccccc1Cc1noc(CN2CCC(CN3CCCCC3)CC2)n1. The molecular formula is C21H29FN4O.